The zero-order valence-corrected chi connectivity index (χ0v) is 13.2. The molecule has 0 fully saturated rings. The number of hydrogen-bond acceptors (Lipinski definition) is 3. The first-order chi connectivity index (χ1) is 8.98. The smallest absolute Gasteiger partial charge is 0.135 e. The minimum absolute atomic E-state index is 0.365. The Labute approximate surface area is 118 Å². The summed E-state index contributed by atoms with van der Waals surface area (Å²) >= 11 is 0. The van der Waals surface area contributed by atoms with E-state index >= 15 is 0 Å². The Morgan fingerprint density at radius 1 is 1.16 bits per heavy atom. The van der Waals surface area contributed by atoms with E-state index < -0.39 is 0 Å². The van der Waals surface area contributed by atoms with Crippen LogP contribution in [0.4, 0.5) is 5.82 Å². The van der Waals surface area contributed by atoms with Gasteiger partial charge in [-0.25, -0.2) is 9.97 Å². The van der Waals surface area contributed by atoms with E-state index in [0.29, 0.717) is 5.41 Å². The second-order valence-electron chi connectivity index (χ2n) is 6.38. The van der Waals surface area contributed by atoms with Crippen LogP contribution in [0.1, 0.15) is 59.4 Å². The topological polar surface area (TPSA) is 29.0 Å². The summed E-state index contributed by atoms with van der Waals surface area (Å²) < 4.78 is 0. The average Bonchev–Trinajstić information content (AvgIpc) is 2.38. The zero-order chi connectivity index (χ0) is 14.3. The van der Waals surface area contributed by atoms with Crippen LogP contribution in [0.2, 0.25) is 0 Å². The molecule has 0 N–H and O–H groups in total. The summed E-state index contributed by atoms with van der Waals surface area (Å²) in [5.41, 5.74) is 1.62. The molecule has 0 amide bonds. The van der Waals surface area contributed by atoms with Crippen LogP contribution in [0, 0.1) is 5.41 Å². The highest BCUT2D eigenvalue weighted by Crippen LogP contribution is 2.23. The highest BCUT2D eigenvalue weighted by Gasteiger charge is 2.16. The lowest BCUT2D eigenvalue weighted by Gasteiger charge is -2.29. The van der Waals surface area contributed by atoms with Gasteiger partial charge in [0.15, 0.2) is 0 Å². The van der Waals surface area contributed by atoms with Crippen molar-refractivity contribution in [2.24, 2.45) is 5.41 Å². The lowest BCUT2D eigenvalue weighted by Crippen LogP contribution is -2.30. The Morgan fingerprint density at radius 2 is 1.89 bits per heavy atom. The van der Waals surface area contributed by atoms with Crippen molar-refractivity contribution in [2.45, 2.75) is 60.3 Å². The van der Waals surface area contributed by atoms with Crippen molar-refractivity contribution in [3.05, 3.63) is 18.1 Å². The Hall–Kier alpha value is -1.12. The van der Waals surface area contributed by atoms with Crippen LogP contribution in [-0.2, 0) is 6.42 Å². The third-order valence-corrected chi connectivity index (χ3v) is 3.36. The van der Waals surface area contributed by atoms with Crippen LogP contribution in [0.5, 0.6) is 0 Å². The van der Waals surface area contributed by atoms with Gasteiger partial charge in [0.2, 0.25) is 0 Å². The fraction of sp³-hybridized carbons (Fsp3) is 0.750. The number of anilines is 1. The van der Waals surface area contributed by atoms with Crippen molar-refractivity contribution in [2.75, 3.05) is 18.0 Å². The van der Waals surface area contributed by atoms with E-state index in [1.165, 1.54) is 24.8 Å². The molecule has 0 aromatic carbocycles. The van der Waals surface area contributed by atoms with Gasteiger partial charge < -0.3 is 4.90 Å². The van der Waals surface area contributed by atoms with Crippen molar-refractivity contribution in [1.29, 1.82) is 0 Å². The predicted octanol–water partition coefficient (Wildman–Crippen LogP) is 4.08. The van der Waals surface area contributed by atoms with E-state index in [0.717, 1.165) is 25.3 Å². The van der Waals surface area contributed by atoms with Crippen molar-refractivity contribution in [3.8, 4) is 0 Å². The highest BCUT2D eigenvalue weighted by atomic mass is 15.2. The van der Waals surface area contributed by atoms with Crippen molar-refractivity contribution in [3.63, 3.8) is 0 Å². The molecule has 0 aliphatic rings. The predicted molar refractivity (Wildman–Crippen MR) is 82.6 cm³/mol. The summed E-state index contributed by atoms with van der Waals surface area (Å²) in [5, 5.41) is 0. The van der Waals surface area contributed by atoms with Gasteiger partial charge in [0.25, 0.3) is 0 Å². The molecule has 108 valence electrons. The second-order valence-corrected chi connectivity index (χ2v) is 6.38. The number of hydrogen-bond donors (Lipinski definition) is 0. The van der Waals surface area contributed by atoms with Gasteiger partial charge in [0.05, 0.1) is 0 Å². The molecule has 0 unspecified atom stereocenters. The number of unbranched alkanes of at least 4 members (excludes halogenated alkanes) is 1. The monoisotopic (exact) mass is 263 g/mol. The van der Waals surface area contributed by atoms with Crippen LogP contribution in [-0.4, -0.2) is 23.1 Å². The Morgan fingerprint density at radius 3 is 2.47 bits per heavy atom. The number of nitrogens with zero attached hydrogens (tertiary/aromatic N) is 3. The first kappa shape index (κ1) is 15.9. The number of aromatic nitrogens is 2. The summed E-state index contributed by atoms with van der Waals surface area (Å²) in [6.45, 7) is 13.5. The first-order valence-corrected chi connectivity index (χ1v) is 7.51. The van der Waals surface area contributed by atoms with Gasteiger partial charge in [-0.1, -0.05) is 41.0 Å². The van der Waals surface area contributed by atoms with Gasteiger partial charge in [0, 0.05) is 24.8 Å². The normalized spacial score (nSPS) is 11.6. The summed E-state index contributed by atoms with van der Waals surface area (Å²) in [6, 6.07) is 0. The maximum Gasteiger partial charge on any atom is 0.135 e. The van der Waals surface area contributed by atoms with E-state index in [2.05, 4.69) is 49.5 Å². The van der Waals surface area contributed by atoms with Crippen LogP contribution < -0.4 is 4.90 Å². The molecule has 0 aliphatic carbocycles. The van der Waals surface area contributed by atoms with Crippen molar-refractivity contribution >= 4 is 5.82 Å². The van der Waals surface area contributed by atoms with Gasteiger partial charge in [0.1, 0.15) is 12.1 Å². The number of aryl methyl sites for hydroxylation is 1. The summed E-state index contributed by atoms with van der Waals surface area (Å²) in [6.07, 6.45) is 8.25. The SMILES string of the molecule is CCCCN(CCC(C)(C)C)c1ncncc1CC. The lowest BCUT2D eigenvalue weighted by molar-refractivity contribution is 0.377. The van der Waals surface area contributed by atoms with Crippen LogP contribution in [0.25, 0.3) is 0 Å². The van der Waals surface area contributed by atoms with Gasteiger partial charge in [-0.15, -0.1) is 0 Å². The average molecular weight is 263 g/mol. The molecule has 3 heteroatoms. The minimum Gasteiger partial charge on any atom is -0.356 e. The molecule has 1 heterocycles. The maximum absolute atomic E-state index is 4.52. The van der Waals surface area contributed by atoms with Crippen LogP contribution >= 0.6 is 0 Å². The quantitative estimate of drug-likeness (QED) is 0.742. The van der Waals surface area contributed by atoms with Crippen LogP contribution in [0.3, 0.4) is 0 Å². The van der Waals surface area contributed by atoms with E-state index in [1.54, 1.807) is 6.33 Å². The van der Waals surface area contributed by atoms with E-state index in [-0.39, 0.29) is 0 Å². The van der Waals surface area contributed by atoms with Gasteiger partial charge in [-0.2, -0.15) is 0 Å². The molecule has 0 saturated carbocycles. The minimum atomic E-state index is 0.365. The molecule has 1 rings (SSSR count). The standard InChI is InChI=1S/C16H29N3/c1-6-8-10-19(11-9-16(3,4)5)15-14(7-2)12-17-13-18-15/h12-13H,6-11H2,1-5H3. The zero-order valence-electron chi connectivity index (χ0n) is 13.2. The Kier molecular flexibility index (Phi) is 6.26. The van der Waals surface area contributed by atoms with Crippen molar-refractivity contribution in [1.82, 2.24) is 9.97 Å². The van der Waals surface area contributed by atoms with Gasteiger partial charge in [-0.3, -0.25) is 0 Å². The molecule has 1 aromatic rings. The third kappa shape index (κ3) is 5.58. The van der Waals surface area contributed by atoms with Gasteiger partial charge in [-0.05, 0) is 24.7 Å². The van der Waals surface area contributed by atoms with E-state index in [4.69, 9.17) is 0 Å². The fourth-order valence-electron chi connectivity index (χ4n) is 2.03. The molecular formula is C16H29N3. The molecule has 0 aliphatic heterocycles. The molecule has 0 atom stereocenters. The number of rotatable bonds is 7. The lowest BCUT2D eigenvalue weighted by atomic mass is 9.92. The van der Waals surface area contributed by atoms with Crippen molar-refractivity contribution < 1.29 is 0 Å². The van der Waals surface area contributed by atoms with E-state index in [1.807, 2.05) is 6.20 Å². The van der Waals surface area contributed by atoms with E-state index in [9.17, 15) is 0 Å². The largest absolute Gasteiger partial charge is 0.356 e. The molecule has 0 spiro atoms. The Bertz CT molecular complexity index is 369. The molecule has 0 radical (unpaired) electrons. The maximum atomic E-state index is 4.52. The second kappa shape index (κ2) is 7.46. The molecule has 19 heavy (non-hydrogen) atoms. The molecule has 0 saturated heterocycles. The summed E-state index contributed by atoms with van der Waals surface area (Å²) in [5.74, 6) is 1.13. The molecular weight excluding hydrogens is 234 g/mol. The third-order valence-electron chi connectivity index (χ3n) is 3.36. The Balaban J connectivity index is 2.82. The highest BCUT2D eigenvalue weighted by molar-refractivity contribution is 5.45. The summed E-state index contributed by atoms with van der Waals surface area (Å²) in [7, 11) is 0. The van der Waals surface area contributed by atoms with Crippen LogP contribution in [0.15, 0.2) is 12.5 Å². The fourth-order valence-corrected chi connectivity index (χ4v) is 2.03. The molecule has 0 bridgehead atoms. The van der Waals surface area contributed by atoms with Gasteiger partial charge >= 0.3 is 0 Å². The first-order valence-electron chi connectivity index (χ1n) is 7.51. The molecule has 1 aromatic heterocycles. The summed E-state index contributed by atoms with van der Waals surface area (Å²) in [4.78, 5) is 11.1. The molecule has 3 nitrogen and oxygen atoms in total.